The molecule has 1 aromatic carbocycles. The maximum Gasteiger partial charge on any atom is 0.142 e. The van der Waals surface area contributed by atoms with E-state index >= 15 is 0 Å². The normalized spacial score (nSPS) is 22.3. The summed E-state index contributed by atoms with van der Waals surface area (Å²) in [5, 5.41) is 0.180. The van der Waals surface area contributed by atoms with Gasteiger partial charge in [0.05, 0.1) is 5.02 Å². The topological polar surface area (TPSA) is 29.3 Å². The van der Waals surface area contributed by atoms with Crippen LogP contribution < -0.4 is 5.73 Å². The maximum atomic E-state index is 13.2. The predicted molar refractivity (Wildman–Crippen MR) is 63.9 cm³/mol. The molecule has 1 heterocycles. The van der Waals surface area contributed by atoms with E-state index in [1.54, 1.807) is 6.07 Å². The highest BCUT2D eigenvalue weighted by atomic mass is 35.5. The number of rotatable bonds is 2. The third-order valence-electron chi connectivity index (χ3n) is 2.93. The molecule has 0 unspecified atom stereocenters. The maximum absolute atomic E-state index is 13.2. The van der Waals surface area contributed by atoms with E-state index in [2.05, 4.69) is 4.90 Å². The van der Waals surface area contributed by atoms with Crippen molar-refractivity contribution in [2.45, 2.75) is 25.4 Å². The Morgan fingerprint density at radius 3 is 3.00 bits per heavy atom. The van der Waals surface area contributed by atoms with Crippen LogP contribution in [-0.2, 0) is 6.54 Å². The zero-order chi connectivity index (χ0) is 11.5. The third-order valence-corrected chi connectivity index (χ3v) is 3.24. The number of hydrogen-bond donors (Lipinski definition) is 1. The zero-order valence-corrected chi connectivity index (χ0v) is 9.88. The zero-order valence-electron chi connectivity index (χ0n) is 9.13. The highest BCUT2D eigenvalue weighted by molar-refractivity contribution is 6.30. The van der Waals surface area contributed by atoms with Crippen molar-refractivity contribution in [2.24, 2.45) is 5.73 Å². The fourth-order valence-electron chi connectivity index (χ4n) is 2.13. The summed E-state index contributed by atoms with van der Waals surface area (Å²) in [6, 6.07) is 5.23. The second kappa shape index (κ2) is 5.13. The van der Waals surface area contributed by atoms with Gasteiger partial charge >= 0.3 is 0 Å². The van der Waals surface area contributed by atoms with Crippen LogP contribution in [0.15, 0.2) is 18.2 Å². The SMILES string of the molecule is N[C@@H]1CCCN(Cc2ccc(Cl)c(F)c2)C1. The Kier molecular flexibility index (Phi) is 3.79. The molecule has 1 aromatic rings. The highest BCUT2D eigenvalue weighted by Crippen LogP contribution is 2.18. The highest BCUT2D eigenvalue weighted by Gasteiger charge is 2.16. The first-order valence-corrected chi connectivity index (χ1v) is 5.95. The van der Waals surface area contributed by atoms with E-state index in [1.165, 1.54) is 6.07 Å². The van der Waals surface area contributed by atoms with Crippen molar-refractivity contribution in [2.75, 3.05) is 13.1 Å². The molecular weight excluding hydrogens is 227 g/mol. The van der Waals surface area contributed by atoms with Crippen molar-refractivity contribution in [1.82, 2.24) is 4.90 Å². The van der Waals surface area contributed by atoms with Crippen molar-refractivity contribution in [1.29, 1.82) is 0 Å². The van der Waals surface area contributed by atoms with Gasteiger partial charge in [0.25, 0.3) is 0 Å². The van der Waals surface area contributed by atoms with Crippen LogP contribution in [0.25, 0.3) is 0 Å². The van der Waals surface area contributed by atoms with Crippen molar-refractivity contribution in [3.8, 4) is 0 Å². The molecule has 0 saturated carbocycles. The Bertz CT molecular complexity index is 370. The molecule has 88 valence electrons. The van der Waals surface area contributed by atoms with Gasteiger partial charge in [0.15, 0.2) is 0 Å². The molecular formula is C12H16ClFN2. The minimum Gasteiger partial charge on any atom is -0.327 e. The molecule has 0 bridgehead atoms. The number of piperidine rings is 1. The smallest absolute Gasteiger partial charge is 0.142 e. The van der Waals surface area contributed by atoms with Crippen LogP contribution in [-0.4, -0.2) is 24.0 Å². The van der Waals surface area contributed by atoms with Crippen LogP contribution in [0.2, 0.25) is 5.02 Å². The second-order valence-corrected chi connectivity index (χ2v) is 4.79. The number of nitrogens with two attached hydrogens (primary N) is 1. The van der Waals surface area contributed by atoms with Gasteiger partial charge in [0.1, 0.15) is 5.82 Å². The fourth-order valence-corrected chi connectivity index (χ4v) is 2.25. The second-order valence-electron chi connectivity index (χ2n) is 4.39. The van der Waals surface area contributed by atoms with E-state index in [0.717, 1.165) is 38.0 Å². The largest absolute Gasteiger partial charge is 0.327 e. The monoisotopic (exact) mass is 242 g/mol. The summed E-state index contributed by atoms with van der Waals surface area (Å²) < 4.78 is 13.2. The van der Waals surface area contributed by atoms with Crippen molar-refractivity contribution >= 4 is 11.6 Å². The summed E-state index contributed by atoms with van der Waals surface area (Å²) in [6.45, 7) is 2.68. The van der Waals surface area contributed by atoms with Crippen molar-refractivity contribution in [3.63, 3.8) is 0 Å². The summed E-state index contributed by atoms with van der Waals surface area (Å²) in [5.41, 5.74) is 6.85. The van der Waals surface area contributed by atoms with E-state index in [1.807, 2.05) is 6.07 Å². The molecule has 16 heavy (non-hydrogen) atoms. The molecule has 1 fully saturated rings. The molecule has 1 saturated heterocycles. The van der Waals surface area contributed by atoms with Gasteiger partial charge in [-0.2, -0.15) is 0 Å². The van der Waals surface area contributed by atoms with Crippen LogP contribution in [0, 0.1) is 5.82 Å². The third kappa shape index (κ3) is 2.94. The fraction of sp³-hybridized carbons (Fsp3) is 0.500. The molecule has 0 aromatic heterocycles. The first-order chi connectivity index (χ1) is 7.65. The van der Waals surface area contributed by atoms with Gasteiger partial charge in [0, 0.05) is 19.1 Å². The van der Waals surface area contributed by atoms with Crippen molar-refractivity contribution < 1.29 is 4.39 Å². The standard InChI is InChI=1S/C12H16ClFN2/c13-11-4-3-9(6-12(11)14)7-16-5-1-2-10(15)8-16/h3-4,6,10H,1-2,5,7-8,15H2/t10-/m1/s1. The van der Waals surface area contributed by atoms with Crippen LogP contribution in [0.5, 0.6) is 0 Å². The van der Waals surface area contributed by atoms with Crippen molar-refractivity contribution in [3.05, 3.63) is 34.6 Å². The Hall–Kier alpha value is -0.640. The Balaban J connectivity index is 2.00. The van der Waals surface area contributed by atoms with E-state index in [4.69, 9.17) is 17.3 Å². The van der Waals surface area contributed by atoms with Crippen LogP contribution in [0.3, 0.4) is 0 Å². The van der Waals surface area contributed by atoms with E-state index in [9.17, 15) is 4.39 Å². The number of benzene rings is 1. The Morgan fingerprint density at radius 1 is 1.50 bits per heavy atom. The van der Waals surface area contributed by atoms with Crippen LogP contribution in [0.1, 0.15) is 18.4 Å². The van der Waals surface area contributed by atoms with E-state index < -0.39 is 0 Å². The molecule has 4 heteroatoms. The number of halogens is 2. The lowest BCUT2D eigenvalue weighted by Gasteiger charge is -2.30. The van der Waals surface area contributed by atoms with Gasteiger partial charge in [-0.25, -0.2) is 4.39 Å². The summed E-state index contributed by atoms with van der Waals surface area (Å²) in [4.78, 5) is 2.26. The van der Waals surface area contributed by atoms with Gasteiger partial charge in [-0.05, 0) is 37.1 Å². The first-order valence-electron chi connectivity index (χ1n) is 5.57. The number of hydrogen-bond acceptors (Lipinski definition) is 2. The lowest BCUT2D eigenvalue weighted by Crippen LogP contribution is -2.42. The molecule has 0 aliphatic carbocycles. The lowest BCUT2D eigenvalue weighted by atomic mass is 10.1. The molecule has 2 N–H and O–H groups in total. The lowest BCUT2D eigenvalue weighted by molar-refractivity contribution is 0.201. The van der Waals surface area contributed by atoms with Gasteiger partial charge in [-0.15, -0.1) is 0 Å². The molecule has 2 nitrogen and oxygen atoms in total. The molecule has 0 radical (unpaired) electrons. The summed E-state index contributed by atoms with van der Waals surface area (Å²) in [6.07, 6.45) is 2.21. The average molecular weight is 243 g/mol. The summed E-state index contributed by atoms with van der Waals surface area (Å²) in [5.74, 6) is -0.347. The van der Waals surface area contributed by atoms with Gasteiger partial charge < -0.3 is 5.73 Å². The first kappa shape index (κ1) is 11.8. The minimum atomic E-state index is -0.347. The molecule has 1 aliphatic heterocycles. The minimum absolute atomic E-state index is 0.180. The molecule has 2 rings (SSSR count). The molecule has 1 atom stereocenters. The predicted octanol–water partition coefficient (Wildman–Crippen LogP) is 2.40. The Morgan fingerprint density at radius 2 is 2.31 bits per heavy atom. The van der Waals surface area contributed by atoms with Crippen LogP contribution in [0.4, 0.5) is 4.39 Å². The average Bonchev–Trinajstić information content (AvgIpc) is 2.24. The van der Waals surface area contributed by atoms with Crippen LogP contribution >= 0.6 is 11.6 Å². The molecule has 1 aliphatic rings. The molecule has 0 spiro atoms. The van der Waals surface area contributed by atoms with E-state index in [-0.39, 0.29) is 16.9 Å². The quantitative estimate of drug-likeness (QED) is 0.863. The van der Waals surface area contributed by atoms with E-state index in [0.29, 0.717) is 0 Å². The van der Waals surface area contributed by atoms with Gasteiger partial charge in [-0.3, -0.25) is 4.90 Å². The summed E-state index contributed by atoms with van der Waals surface area (Å²) in [7, 11) is 0. The molecule has 0 amide bonds. The summed E-state index contributed by atoms with van der Waals surface area (Å²) >= 11 is 5.64. The number of nitrogens with zero attached hydrogens (tertiary/aromatic N) is 1. The van der Waals surface area contributed by atoms with Gasteiger partial charge in [0.2, 0.25) is 0 Å². The number of likely N-dealkylation sites (tertiary alicyclic amines) is 1. The Labute approximate surface area is 100 Å². The van der Waals surface area contributed by atoms with Gasteiger partial charge in [-0.1, -0.05) is 17.7 Å².